The summed E-state index contributed by atoms with van der Waals surface area (Å²) < 4.78 is 0. The monoisotopic (exact) mass is 94.1 g/mol. The molecule has 37 valence electrons. The Morgan fingerprint density at radius 1 is 1.71 bits per heavy atom. The maximum atomic E-state index is 3.33. The fourth-order valence-corrected chi connectivity index (χ4v) is 1.25. The molecule has 7 heavy (non-hydrogen) atoms. The first-order valence-electron chi connectivity index (χ1n) is 2.81. The zero-order valence-electron chi connectivity index (χ0n) is 4.20. The van der Waals surface area contributed by atoms with Crippen LogP contribution in [0.15, 0.2) is 5.70 Å². The van der Waals surface area contributed by atoms with Crippen LogP contribution in [-0.4, -0.2) is 6.04 Å². The minimum absolute atomic E-state index is 0.773. The summed E-state index contributed by atoms with van der Waals surface area (Å²) in [7, 11) is 0. The Balaban J connectivity index is 2.30. The van der Waals surface area contributed by atoms with Crippen molar-refractivity contribution >= 4 is 0 Å². The van der Waals surface area contributed by atoms with E-state index in [1.165, 1.54) is 18.5 Å². The second-order valence-electron chi connectivity index (χ2n) is 2.24. The molecular formula is C6H8N. The highest BCUT2D eigenvalue weighted by atomic mass is 15.0. The standard InChI is InChI=1S/C6H8N/c1-2-6-4-3-5(1)7-6/h5,7H,1-3H2. The van der Waals surface area contributed by atoms with Gasteiger partial charge in [-0.15, -0.1) is 0 Å². The molecule has 1 nitrogen and oxygen atoms in total. The second-order valence-corrected chi connectivity index (χ2v) is 2.24. The molecule has 1 saturated heterocycles. The molecule has 1 unspecified atom stereocenters. The molecule has 0 aromatic rings. The molecule has 2 bridgehead atoms. The molecule has 0 aliphatic carbocycles. The molecule has 0 spiro atoms. The summed E-state index contributed by atoms with van der Waals surface area (Å²) in [6, 6.07) is 0.773. The Hall–Kier alpha value is -0.460. The third-order valence-corrected chi connectivity index (χ3v) is 1.68. The minimum atomic E-state index is 0.773. The Morgan fingerprint density at radius 3 is 2.86 bits per heavy atom. The Labute approximate surface area is 43.4 Å². The van der Waals surface area contributed by atoms with Crippen LogP contribution in [-0.2, 0) is 0 Å². The average molecular weight is 94.1 g/mol. The van der Waals surface area contributed by atoms with Gasteiger partial charge in [-0.25, -0.2) is 0 Å². The lowest BCUT2D eigenvalue weighted by Gasteiger charge is -1.98. The van der Waals surface area contributed by atoms with E-state index in [4.69, 9.17) is 0 Å². The minimum Gasteiger partial charge on any atom is -0.385 e. The molecule has 0 aromatic heterocycles. The summed E-state index contributed by atoms with van der Waals surface area (Å²) in [6.07, 6.45) is 7.03. The van der Waals surface area contributed by atoms with Crippen molar-refractivity contribution in [3.05, 3.63) is 11.8 Å². The third-order valence-electron chi connectivity index (χ3n) is 1.68. The number of nitrogens with one attached hydrogen (secondary N) is 1. The normalized spacial score (nSPS) is 35.4. The molecule has 1 atom stereocenters. The molecule has 1 heteroatoms. The SMILES string of the molecule is [C]1=C2CCC(C1)N2. The van der Waals surface area contributed by atoms with Crippen LogP contribution in [0.5, 0.6) is 0 Å². The van der Waals surface area contributed by atoms with Crippen LogP contribution < -0.4 is 5.32 Å². The maximum absolute atomic E-state index is 3.33. The quantitative estimate of drug-likeness (QED) is 0.469. The summed E-state index contributed by atoms with van der Waals surface area (Å²) in [6.45, 7) is 0. The van der Waals surface area contributed by atoms with E-state index in [0.29, 0.717) is 0 Å². The highest BCUT2D eigenvalue weighted by molar-refractivity contribution is 5.10. The molecule has 1 N–H and O–H groups in total. The highest BCUT2D eigenvalue weighted by Crippen LogP contribution is 2.24. The zero-order chi connectivity index (χ0) is 4.69. The van der Waals surface area contributed by atoms with E-state index in [-0.39, 0.29) is 0 Å². The average Bonchev–Trinajstić information content (AvgIpc) is 2.22. The van der Waals surface area contributed by atoms with Crippen LogP contribution in [0.3, 0.4) is 0 Å². The van der Waals surface area contributed by atoms with Crippen molar-refractivity contribution in [1.82, 2.24) is 5.32 Å². The lowest BCUT2D eigenvalue weighted by atomic mass is 10.1. The Morgan fingerprint density at radius 2 is 2.71 bits per heavy atom. The zero-order valence-corrected chi connectivity index (χ0v) is 4.20. The molecule has 2 aliphatic heterocycles. The van der Waals surface area contributed by atoms with Crippen molar-refractivity contribution in [2.45, 2.75) is 25.3 Å². The lowest BCUT2D eigenvalue weighted by Crippen LogP contribution is -2.12. The van der Waals surface area contributed by atoms with E-state index in [0.717, 1.165) is 12.5 Å². The van der Waals surface area contributed by atoms with Crippen LogP contribution in [0.25, 0.3) is 0 Å². The van der Waals surface area contributed by atoms with Gasteiger partial charge >= 0.3 is 0 Å². The van der Waals surface area contributed by atoms with Crippen molar-refractivity contribution in [3.63, 3.8) is 0 Å². The number of fused-ring (bicyclic) bond motifs is 2. The smallest absolute Gasteiger partial charge is 0.0303 e. The third kappa shape index (κ3) is 0.379. The predicted octanol–water partition coefficient (Wildman–Crippen LogP) is 0.829. The summed E-state index contributed by atoms with van der Waals surface area (Å²) in [4.78, 5) is 0. The van der Waals surface area contributed by atoms with Crippen molar-refractivity contribution < 1.29 is 0 Å². The molecule has 0 saturated carbocycles. The highest BCUT2D eigenvalue weighted by Gasteiger charge is 2.22. The van der Waals surface area contributed by atoms with E-state index < -0.39 is 0 Å². The van der Waals surface area contributed by atoms with Gasteiger partial charge in [0.2, 0.25) is 0 Å². The molecule has 1 fully saturated rings. The molecule has 0 aromatic carbocycles. The fraction of sp³-hybridized carbons (Fsp3) is 0.667. The summed E-state index contributed by atoms with van der Waals surface area (Å²) in [5.41, 5.74) is 1.37. The van der Waals surface area contributed by atoms with Gasteiger partial charge < -0.3 is 5.32 Å². The number of hydrogen-bond acceptors (Lipinski definition) is 1. The predicted molar refractivity (Wildman–Crippen MR) is 27.5 cm³/mol. The van der Waals surface area contributed by atoms with Crippen LogP contribution in [0, 0.1) is 6.08 Å². The first-order valence-corrected chi connectivity index (χ1v) is 2.81. The van der Waals surface area contributed by atoms with Gasteiger partial charge in [-0.3, -0.25) is 0 Å². The van der Waals surface area contributed by atoms with Crippen molar-refractivity contribution in [2.75, 3.05) is 0 Å². The number of hydrogen-bond donors (Lipinski definition) is 1. The first-order chi connectivity index (χ1) is 3.45. The molecule has 1 radical (unpaired) electrons. The van der Waals surface area contributed by atoms with Crippen LogP contribution in [0.2, 0.25) is 0 Å². The lowest BCUT2D eigenvalue weighted by molar-refractivity contribution is 0.643. The van der Waals surface area contributed by atoms with Crippen LogP contribution in [0.1, 0.15) is 19.3 Å². The van der Waals surface area contributed by atoms with Gasteiger partial charge in [-0.1, -0.05) is 0 Å². The van der Waals surface area contributed by atoms with E-state index >= 15 is 0 Å². The van der Waals surface area contributed by atoms with Crippen molar-refractivity contribution in [1.29, 1.82) is 0 Å². The van der Waals surface area contributed by atoms with E-state index in [1.807, 2.05) is 0 Å². The van der Waals surface area contributed by atoms with Gasteiger partial charge in [-0.2, -0.15) is 0 Å². The topological polar surface area (TPSA) is 12.0 Å². The molecule has 0 amide bonds. The van der Waals surface area contributed by atoms with Crippen molar-refractivity contribution in [3.8, 4) is 0 Å². The van der Waals surface area contributed by atoms with E-state index in [1.54, 1.807) is 0 Å². The van der Waals surface area contributed by atoms with E-state index in [9.17, 15) is 0 Å². The molecule has 2 heterocycles. The van der Waals surface area contributed by atoms with Gasteiger partial charge in [0.25, 0.3) is 0 Å². The molecule has 2 aliphatic rings. The largest absolute Gasteiger partial charge is 0.385 e. The van der Waals surface area contributed by atoms with Gasteiger partial charge in [0, 0.05) is 11.7 Å². The number of rotatable bonds is 0. The Kier molecular flexibility index (Phi) is 0.518. The van der Waals surface area contributed by atoms with E-state index in [2.05, 4.69) is 11.4 Å². The van der Waals surface area contributed by atoms with Gasteiger partial charge in [0.15, 0.2) is 0 Å². The Bertz CT molecular complexity index is 115. The van der Waals surface area contributed by atoms with Crippen LogP contribution >= 0.6 is 0 Å². The second kappa shape index (κ2) is 1.03. The first kappa shape index (κ1) is 3.53. The van der Waals surface area contributed by atoms with Gasteiger partial charge in [-0.05, 0) is 25.3 Å². The summed E-state index contributed by atoms with van der Waals surface area (Å²) in [5.74, 6) is 0. The summed E-state index contributed by atoms with van der Waals surface area (Å²) in [5, 5.41) is 3.33. The number of allylic oxidation sites excluding steroid dienone is 1. The maximum Gasteiger partial charge on any atom is 0.0303 e. The van der Waals surface area contributed by atoms with Gasteiger partial charge in [0.1, 0.15) is 0 Å². The molecular weight excluding hydrogens is 86.1 g/mol. The van der Waals surface area contributed by atoms with Crippen LogP contribution in [0.4, 0.5) is 0 Å². The van der Waals surface area contributed by atoms with Crippen molar-refractivity contribution in [2.24, 2.45) is 0 Å². The van der Waals surface area contributed by atoms with Gasteiger partial charge in [0.05, 0.1) is 0 Å². The fourth-order valence-electron chi connectivity index (χ4n) is 1.25. The summed E-state index contributed by atoms with van der Waals surface area (Å²) >= 11 is 0. The molecule has 2 rings (SSSR count).